The van der Waals surface area contributed by atoms with Crippen LogP contribution in [0.25, 0.3) is 0 Å². The van der Waals surface area contributed by atoms with Crippen LogP contribution >= 0.6 is 34.9 Å². The van der Waals surface area contributed by atoms with Crippen molar-refractivity contribution in [2.24, 2.45) is 5.16 Å². The fourth-order valence-corrected chi connectivity index (χ4v) is 4.58. The summed E-state index contributed by atoms with van der Waals surface area (Å²) in [5.41, 5.74) is 4.66. The molecule has 2 aliphatic heterocycles. The normalized spacial score (nSPS) is 20.7. The number of carbonyl (C=O) groups is 3. The van der Waals surface area contributed by atoms with Crippen molar-refractivity contribution in [3.05, 3.63) is 28.6 Å². The van der Waals surface area contributed by atoms with Crippen molar-refractivity contribution in [3.8, 4) is 0 Å². The molecule has 2 atom stereocenters. The van der Waals surface area contributed by atoms with Gasteiger partial charge in [0.25, 0.3) is 11.8 Å². The highest BCUT2D eigenvalue weighted by Gasteiger charge is 2.54. The Bertz CT molecular complexity index is 1110. The Kier molecular flexibility index (Phi) is 6.90. The highest BCUT2D eigenvalue weighted by atomic mass is 35.5. The molecule has 1 aromatic rings. The molecule has 0 saturated carbocycles. The van der Waals surface area contributed by atoms with E-state index in [1.165, 1.54) is 12.2 Å². The number of thioether (sulfide) groups is 1. The predicted octanol–water partition coefficient (Wildman–Crippen LogP) is 0.567. The fraction of sp³-hybridized carbons (Fsp3) is 0.250. The summed E-state index contributed by atoms with van der Waals surface area (Å²) >= 11 is 7.04. The summed E-state index contributed by atoms with van der Waals surface area (Å²) in [7, 11) is 0. The first-order chi connectivity index (χ1) is 15.1. The lowest BCUT2D eigenvalue weighted by Gasteiger charge is -2.50. The highest BCUT2D eigenvalue weighted by molar-refractivity contribution is 8.17. The number of carboxylic acids is 1. The van der Waals surface area contributed by atoms with Crippen LogP contribution in [0.2, 0.25) is 0 Å². The number of carboxylic acid groups (broad SMARTS) is 1. The van der Waals surface area contributed by atoms with E-state index in [1.54, 1.807) is 0 Å². The van der Waals surface area contributed by atoms with Crippen LogP contribution in [0.3, 0.4) is 0 Å². The van der Waals surface area contributed by atoms with Gasteiger partial charge in [-0.1, -0.05) is 28.5 Å². The number of β-lactam (4-membered cyclic amide) rings is 1. The number of fused-ring (bicyclic) bond motifs is 1. The Morgan fingerprint density at radius 2 is 2.12 bits per heavy atom. The number of anilines is 1. The third kappa shape index (κ3) is 4.63. The number of nitrogen functional groups attached to an aromatic ring is 1. The van der Waals surface area contributed by atoms with Gasteiger partial charge in [-0.15, -0.1) is 0 Å². The summed E-state index contributed by atoms with van der Waals surface area (Å²) in [6, 6.07) is -1.66. The Morgan fingerprint density at radius 1 is 1.41 bits per heavy atom. The molecule has 3 heterocycles. The molecule has 32 heavy (non-hydrogen) atoms. The molecule has 0 spiro atoms. The number of carbonyl (C=O) groups excluding carboxylic acids is 2. The molecule has 16 heteroatoms. The van der Waals surface area contributed by atoms with Gasteiger partial charge in [-0.2, -0.15) is 9.36 Å². The van der Waals surface area contributed by atoms with E-state index in [9.17, 15) is 19.5 Å². The van der Waals surface area contributed by atoms with Crippen LogP contribution in [0, 0.1) is 10.8 Å². The smallest absolute Gasteiger partial charge is 0.353 e. The van der Waals surface area contributed by atoms with Gasteiger partial charge in [0.15, 0.2) is 5.13 Å². The quantitative estimate of drug-likeness (QED) is 0.101. The molecule has 0 bridgehead atoms. The zero-order chi connectivity index (χ0) is 23.6. The van der Waals surface area contributed by atoms with Crippen molar-refractivity contribution < 1.29 is 24.7 Å². The minimum absolute atomic E-state index is 0.0525. The zero-order valence-electron chi connectivity index (χ0n) is 15.9. The third-order valence-electron chi connectivity index (χ3n) is 4.46. The molecular weight excluding hydrogens is 484 g/mol. The van der Waals surface area contributed by atoms with E-state index in [0.29, 0.717) is 11.3 Å². The van der Waals surface area contributed by atoms with Gasteiger partial charge < -0.3 is 21.4 Å². The van der Waals surface area contributed by atoms with Crippen LogP contribution in [0.5, 0.6) is 0 Å². The van der Waals surface area contributed by atoms with Crippen LogP contribution in [0.4, 0.5) is 5.13 Å². The molecule has 0 aromatic carbocycles. The second-order valence-corrected chi connectivity index (χ2v) is 8.72. The van der Waals surface area contributed by atoms with Gasteiger partial charge in [0.05, 0.1) is 11.1 Å². The zero-order valence-corrected chi connectivity index (χ0v) is 18.3. The van der Waals surface area contributed by atoms with Crippen molar-refractivity contribution in [3.63, 3.8) is 0 Å². The van der Waals surface area contributed by atoms with Gasteiger partial charge in [0.2, 0.25) is 11.5 Å². The lowest BCUT2D eigenvalue weighted by Crippen LogP contribution is -2.72. The molecular formula is C16H15ClN8O5S2. The topological polar surface area (TPSA) is 219 Å². The number of nitrogens with two attached hydrogens (primary N) is 1. The van der Waals surface area contributed by atoms with Gasteiger partial charge in [-0.05, 0) is 25.0 Å². The summed E-state index contributed by atoms with van der Waals surface area (Å²) < 4.78 is 3.78. The lowest BCUT2D eigenvalue weighted by molar-refractivity contribution is -0.155. The molecule has 7 N–H and O–H groups in total. The van der Waals surface area contributed by atoms with E-state index in [0.717, 1.165) is 28.2 Å². The SMILES string of the molecule is N=C(Cl)/C=C\C(=N)SC1=C(C(=O)O)N2C(=O)[C@@H](NC(=O)/C(=N\O)c3nsc(N)n3)[C@H]2CC1. The number of halogens is 1. The monoisotopic (exact) mass is 498 g/mol. The number of aromatic nitrogens is 2. The van der Waals surface area contributed by atoms with Crippen LogP contribution < -0.4 is 11.1 Å². The molecule has 2 aliphatic rings. The molecule has 0 aliphatic carbocycles. The van der Waals surface area contributed by atoms with Gasteiger partial charge >= 0.3 is 5.97 Å². The maximum atomic E-state index is 12.7. The summed E-state index contributed by atoms with van der Waals surface area (Å²) in [5.74, 6) is -3.14. The molecule has 0 radical (unpaired) electrons. The summed E-state index contributed by atoms with van der Waals surface area (Å²) in [5, 5.41) is 38.8. The van der Waals surface area contributed by atoms with Gasteiger partial charge in [0, 0.05) is 16.4 Å². The molecule has 2 amide bonds. The molecule has 0 unspecified atom stereocenters. The van der Waals surface area contributed by atoms with E-state index >= 15 is 0 Å². The van der Waals surface area contributed by atoms with Gasteiger partial charge in [0.1, 0.15) is 16.9 Å². The highest BCUT2D eigenvalue weighted by Crippen LogP contribution is 2.41. The third-order valence-corrected chi connectivity index (χ3v) is 6.13. The number of oxime groups is 1. The first-order valence-electron chi connectivity index (χ1n) is 8.74. The maximum Gasteiger partial charge on any atom is 0.353 e. The number of aliphatic carboxylic acids is 1. The number of nitrogens with zero attached hydrogens (tertiary/aromatic N) is 4. The molecule has 3 rings (SSSR count). The Balaban J connectivity index is 1.76. The van der Waals surface area contributed by atoms with Crippen LogP contribution in [0.15, 0.2) is 27.9 Å². The lowest BCUT2D eigenvalue weighted by atomic mass is 9.86. The number of nitrogens with one attached hydrogen (secondary N) is 3. The summed E-state index contributed by atoms with van der Waals surface area (Å²) in [6.45, 7) is 0. The van der Waals surface area contributed by atoms with E-state index in [2.05, 4.69) is 19.8 Å². The van der Waals surface area contributed by atoms with Crippen molar-refractivity contribution in [1.29, 1.82) is 10.8 Å². The first-order valence-corrected chi connectivity index (χ1v) is 10.7. The molecule has 1 fully saturated rings. The Hall–Kier alpha value is -3.30. The van der Waals surface area contributed by atoms with E-state index in [-0.39, 0.29) is 33.3 Å². The number of hydrogen-bond donors (Lipinski definition) is 6. The van der Waals surface area contributed by atoms with Crippen molar-refractivity contribution in [1.82, 2.24) is 19.6 Å². The van der Waals surface area contributed by atoms with Crippen LogP contribution in [-0.4, -0.2) is 70.4 Å². The minimum Gasteiger partial charge on any atom is -0.477 e. The Morgan fingerprint density at radius 3 is 2.69 bits per heavy atom. The van der Waals surface area contributed by atoms with Gasteiger partial charge in [-0.25, -0.2) is 4.79 Å². The standard InChI is InChI=1S/C16H15ClN8O5S2/c17-7(18)3-4-8(19)31-6-2-1-5-9(14(27)25(5)11(6)15(28)29)21-13(26)10(23-30)12-22-16(20)32-24-12/h3-5,9,18-19,30H,1-2H2,(H,21,26)(H,28,29)(H2,20,22,24)/b4-3-,18-7?,19-8?,23-10-/t5-,9+/m1/s1. The number of hydrogen-bond acceptors (Lipinski definition) is 12. The van der Waals surface area contributed by atoms with Crippen molar-refractivity contribution in [2.75, 3.05) is 5.73 Å². The molecule has 1 aromatic heterocycles. The van der Waals surface area contributed by atoms with Crippen molar-refractivity contribution in [2.45, 2.75) is 24.9 Å². The van der Waals surface area contributed by atoms with Crippen LogP contribution in [-0.2, 0) is 14.4 Å². The number of amides is 2. The molecule has 13 nitrogen and oxygen atoms in total. The fourth-order valence-electron chi connectivity index (χ4n) is 3.18. The van der Waals surface area contributed by atoms with Crippen LogP contribution in [0.1, 0.15) is 18.7 Å². The van der Waals surface area contributed by atoms with Crippen molar-refractivity contribution >= 4 is 73.7 Å². The second-order valence-electron chi connectivity index (χ2n) is 6.39. The summed E-state index contributed by atoms with van der Waals surface area (Å²) in [6.07, 6.45) is 2.99. The van der Waals surface area contributed by atoms with E-state index in [4.69, 9.17) is 33.4 Å². The average Bonchev–Trinajstić information content (AvgIpc) is 3.16. The average molecular weight is 499 g/mol. The summed E-state index contributed by atoms with van der Waals surface area (Å²) in [4.78, 5) is 42.1. The number of rotatable bonds is 7. The molecule has 1 saturated heterocycles. The largest absolute Gasteiger partial charge is 0.477 e. The maximum absolute atomic E-state index is 12.7. The van der Waals surface area contributed by atoms with E-state index in [1.807, 2.05) is 0 Å². The minimum atomic E-state index is -1.35. The van der Waals surface area contributed by atoms with E-state index < -0.39 is 35.6 Å². The Labute approximate surface area is 193 Å². The molecule has 168 valence electrons. The first kappa shape index (κ1) is 23.4. The second kappa shape index (κ2) is 9.46. The predicted molar refractivity (Wildman–Crippen MR) is 117 cm³/mol. The number of allylic oxidation sites excluding steroid dienone is 2. The van der Waals surface area contributed by atoms with Gasteiger partial charge in [-0.3, -0.25) is 25.3 Å².